The fourth-order valence-electron chi connectivity index (χ4n) is 8.96. The van der Waals surface area contributed by atoms with E-state index in [2.05, 4.69) is 39.3 Å². The number of rotatable bonds is 8. The number of imidazole rings is 1. The summed E-state index contributed by atoms with van der Waals surface area (Å²) in [7, 11) is -4.26. The number of fused-ring (bicyclic) bond motifs is 3. The van der Waals surface area contributed by atoms with Crippen molar-refractivity contribution >= 4 is 38.6 Å². The van der Waals surface area contributed by atoms with Crippen molar-refractivity contribution in [2.45, 2.75) is 107 Å². The number of likely N-dealkylation sites (tertiary alicyclic amines) is 1. The van der Waals surface area contributed by atoms with Crippen LogP contribution in [0, 0.1) is 18.6 Å². The van der Waals surface area contributed by atoms with E-state index >= 15 is 0 Å². The standard InChI is InChI=1S/C39H46ClF2N5O3S/c1-25-43-34-10-5-6-11-35(34)47(25)30-21-28-12-13-29(22-30)46(28)19-16-39(26-8-7-9-27(41)20-26)14-17-45(18-15-39)37(48)31-23-36(33(42)24-32(31)40)51(49,50)44-38(2,3)4/h5-11,20,23-24,28-30,44H,12-19,21-22H2,1-4H3. The van der Waals surface area contributed by atoms with E-state index in [1.807, 2.05) is 12.1 Å². The number of sulfonamides is 1. The average Bonchev–Trinajstić information content (AvgIpc) is 3.52. The maximum Gasteiger partial charge on any atom is 0.255 e. The molecule has 12 heteroatoms. The zero-order valence-electron chi connectivity index (χ0n) is 29.6. The molecule has 1 amide bonds. The van der Waals surface area contributed by atoms with Crippen molar-refractivity contribution in [3.63, 3.8) is 0 Å². The number of hydrogen-bond donors (Lipinski definition) is 1. The van der Waals surface area contributed by atoms with Crippen LogP contribution >= 0.6 is 11.6 Å². The highest BCUT2D eigenvalue weighted by Gasteiger charge is 2.44. The highest BCUT2D eigenvalue weighted by atomic mass is 35.5. The molecular formula is C39H46ClF2N5O3S. The molecule has 4 aromatic rings. The Morgan fingerprint density at radius 2 is 1.67 bits per heavy atom. The van der Waals surface area contributed by atoms with Gasteiger partial charge in [0, 0.05) is 36.8 Å². The number of nitrogens with one attached hydrogen (secondary N) is 1. The number of nitrogens with zero attached hydrogens (tertiary/aromatic N) is 4. The molecule has 1 N–H and O–H groups in total. The normalized spacial score (nSPS) is 22.5. The van der Waals surface area contributed by atoms with Gasteiger partial charge in [-0.1, -0.05) is 35.9 Å². The summed E-state index contributed by atoms with van der Waals surface area (Å²) in [6, 6.07) is 18.4. The lowest BCUT2D eigenvalue weighted by molar-refractivity contribution is 0.0606. The van der Waals surface area contributed by atoms with Crippen LogP contribution in [0.2, 0.25) is 5.02 Å². The number of benzene rings is 3. The molecule has 0 spiro atoms. The quantitative estimate of drug-likeness (QED) is 0.200. The summed E-state index contributed by atoms with van der Waals surface area (Å²) in [6.45, 7) is 8.67. The van der Waals surface area contributed by atoms with Crippen LogP contribution in [0.15, 0.2) is 65.6 Å². The summed E-state index contributed by atoms with van der Waals surface area (Å²) in [5.74, 6) is -0.710. The lowest BCUT2D eigenvalue weighted by Gasteiger charge is -2.45. The van der Waals surface area contributed by atoms with E-state index in [0.29, 0.717) is 44.1 Å². The largest absolute Gasteiger partial charge is 0.339 e. The molecule has 0 aliphatic carbocycles. The topological polar surface area (TPSA) is 87.5 Å². The molecule has 3 aliphatic rings. The van der Waals surface area contributed by atoms with Gasteiger partial charge in [-0.05, 0) is 127 Å². The minimum Gasteiger partial charge on any atom is -0.339 e. The Bertz CT molecular complexity index is 2060. The number of para-hydroxylation sites is 2. The second-order valence-electron chi connectivity index (χ2n) is 15.7. The van der Waals surface area contributed by atoms with Gasteiger partial charge >= 0.3 is 0 Å². The Morgan fingerprint density at radius 1 is 0.980 bits per heavy atom. The fourth-order valence-corrected chi connectivity index (χ4v) is 10.7. The Morgan fingerprint density at radius 3 is 2.33 bits per heavy atom. The Kier molecular flexibility index (Phi) is 9.56. The highest BCUT2D eigenvalue weighted by molar-refractivity contribution is 7.89. The first-order chi connectivity index (χ1) is 24.1. The molecule has 51 heavy (non-hydrogen) atoms. The van der Waals surface area contributed by atoms with Crippen molar-refractivity contribution in [3.8, 4) is 0 Å². The molecule has 0 radical (unpaired) electrons. The molecule has 3 aliphatic heterocycles. The lowest BCUT2D eigenvalue weighted by atomic mass is 9.70. The summed E-state index contributed by atoms with van der Waals surface area (Å²) >= 11 is 6.36. The van der Waals surface area contributed by atoms with Crippen molar-refractivity contribution in [1.82, 2.24) is 24.1 Å². The first-order valence-electron chi connectivity index (χ1n) is 17.9. The minimum atomic E-state index is -4.26. The van der Waals surface area contributed by atoms with Gasteiger partial charge < -0.3 is 9.47 Å². The van der Waals surface area contributed by atoms with Gasteiger partial charge in [-0.3, -0.25) is 9.69 Å². The predicted octanol–water partition coefficient (Wildman–Crippen LogP) is 7.79. The molecule has 3 saturated heterocycles. The summed E-state index contributed by atoms with van der Waals surface area (Å²) < 4.78 is 60.6. The van der Waals surface area contributed by atoms with E-state index in [9.17, 15) is 22.0 Å². The summed E-state index contributed by atoms with van der Waals surface area (Å²) in [5, 5.41) is -0.146. The molecule has 1 aromatic heterocycles. The second-order valence-corrected chi connectivity index (χ2v) is 17.8. The third-order valence-electron chi connectivity index (χ3n) is 11.3. The molecule has 8 nitrogen and oxygen atoms in total. The van der Waals surface area contributed by atoms with Crippen LogP contribution in [-0.2, 0) is 15.4 Å². The number of carbonyl (C=O) groups excluding carboxylic acids is 1. The van der Waals surface area contributed by atoms with E-state index < -0.39 is 32.2 Å². The van der Waals surface area contributed by atoms with Crippen LogP contribution in [0.1, 0.15) is 93.5 Å². The number of halogens is 3. The van der Waals surface area contributed by atoms with Crippen molar-refractivity contribution in [3.05, 3.63) is 94.3 Å². The van der Waals surface area contributed by atoms with Gasteiger partial charge in [0.15, 0.2) is 0 Å². The van der Waals surface area contributed by atoms with Crippen LogP contribution in [0.3, 0.4) is 0 Å². The maximum atomic E-state index is 14.9. The lowest BCUT2D eigenvalue weighted by Crippen LogP contribution is -2.49. The van der Waals surface area contributed by atoms with Gasteiger partial charge in [0.2, 0.25) is 10.0 Å². The first kappa shape index (κ1) is 36.0. The van der Waals surface area contributed by atoms with Crippen LogP contribution in [-0.4, -0.2) is 70.9 Å². The van der Waals surface area contributed by atoms with E-state index in [4.69, 9.17) is 16.6 Å². The predicted molar refractivity (Wildman–Crippen MR) is 196 cm³/mol. The summed E-state index contributed by atoms with van der Waals surface area (Å²) in [5.41, 5.74) is 1.89. The van der Waals surface area contributed by atoms with Gasteiger partial charge in [-0.2, -0.15) is 0 Å². The number of aryl methyl sites for hydroxylation is 1. The van der Waals surface area contributed by atoms with Crippen molar-refractivity contribution in [2.75, 3.05) is 19.6 Å². The van der Waals surface area contributed by atoms with Crippen molar-refractivity contribution < 1.29 is 22.0 Å². The third-order valence-corrected chi connectivity index (χ3v) is 13.4. The Hall–Kier alpha value is -3.38. The molecule has 3 aromatic carbocycles. The Balaban J connectivity index is 1.08. The van der Waals surface area contributed by atoms with Gasteiger partial charge in [0.05, 0.1) is 21.6 Å². The summed E-state index contributed by atoms with van der Waals surface area (Å²) in [6.07, 6.45) is 6.46. The smallest absolute Gasteiger partial charge is 0.255 e. The van der Waals surface area contributed by atoms with Crippen molar-refractivity contribution in [2.24, 2.45) is 0 Å². The number of amides is 1. The molecule has 272 valence electrons. The fraction of sp³-hybridized carbons (Fsp3) is 0.487. The molecule has 4 heterocycles. The second kappa shape index (κ2) is 13.5. The van der Waals surface area contributed by atoms with Crippen LogP contribution < -0.4 is 4.72 Å². The zero-order valence-corrected chi connectivity index (χ0v) is 31.2. The maximum absolute atomic E-state index is 14.9. The molecule has 0 saturated carbocycles. The monoisotopic (exact) mass is 737 g/mol. The first-order valence-corrected chi connectivity index (χ1v) is 19.8. The molecule has 2 atom stereocenters. The zero-order chi connectivity index (χ0) is 36.3. The number of hydrogen-bond acceptors (Lipinski definition) is 5. The SMILES string of the molecule is Cc1nc2ccccc2n1C1CC2CCC(C1)N2CCC1(c2cccc(F)c2)CCN(C(=O)c2cc(S(=O)(=O)NC(C)(C)C)c(F)cc2Cl)CC1. The van der Waals surface area contributed by atoms with Gasteiger partial charge in [-0.25, -0.2) is 26.9 Å². The van der Waals surface area contributed by atoms with Gasteiger partial charge in [0.1, 0.15) is 22.4 Å². The number of carbonyl (C=O) groups is 1. The van der Waals surface area contributed by atoms with E-state index in [1.54, 1.807) is 37.8 Å². The van der Waals surface area contributed by atoms with E-state index in [1.165, 1.54) is 11.6 Å². The van der Waals surface area contributed by atoms with E-state index in [0.717, 1.165) is 67.7 Å². The minimum absolute atomic E-state index is 0.0639. The molecule has 3 fully saturated rings. The van der Waals surface area contributed by atoms with Gasteiger partial charge in [-0.15, -0.1) is 0 Å². The molecular weight excluding hydrogens is 692 g/mol. The highest BCUT2D eigenvalue weighted by Crippen LogP contribution is 2.45. The molecule has 2 bridgehead atoms. The number of aromatic nitrogens is 2. The third kappa shape index (κ3) is 7.06. The molecule has 7 rings (SSSR count). The van der Waals surface area contributed by atoms with Crippen LogP contribution in [0.25, 0.3) is 11.0 Å². The van der Waals surface area contributed by atoms with Crippen LogP contribution in [0.5, 0.6) is 0 Å². The Labute approximate surface area is 304 Å². The molecule has 2 unspecified atom stereocenters. The van der Waals surface area contributed by atoms with E-state index in [-0.39, 0.29) is 21.8 Å². The van der Waals surface area contributed by atoms with Gasteiger partial charge in [0.25, 0.3) is 5.91 Å². The summed E-state index contributed by atoms with van der Waals surface area (Å²) in [4.78, 5) is 22.4. The van der Waals surface area contributed by atoms with Crippen molar-refractivity contribution in [1.29, 1.82) is 0 Å². The number of piperidine rings is 2. The van der Waals surface area contributed by atoms with Crippen LogP contribution in [0.4, 0.5) is 8.78 Å². The average molecular weight is 738 g/mol.